The number of nitrogens with one attached hydrogen (secondary N) is 1. The molecule has 0 aliphatic rings. The van der Waals surface area contributed by atoms with Crippen LogP contribution in [0.1, 0.15) is 18.5 Å². The van der Waals surface area contributed by atoms with E-state index in [0.717, 1.165) is 22.7 Å². The van der Waals surface area contributed by atoms with Crippen LogP contribution in [0, 0.1) is 0 Å². The number of nitrogen functional groups attached to an aromatic ring is 1. The summed E-state index contributed by atoms with van der Waals surface area (Å²) in [5.74, 6) is 0.822. The van der Waals surface area contributed by atoms with E-state index in [4.69, 9.17) is 5.73 Å². The summed E-state index contributed by atoms with van der Waals surface area (Å²) in [5.41, 5.74) is 8.52. The van der Waals surface area contributed by atoms with Gasteiger partial charge in [0.15, 0.2) is 5.65 Å². The van der Waals surface area contributed by atoms with E-state index < -0.39 is 0 Å². The van der Waals surface area contributed by atoms with Crippen molar-refractivity contribution in [2.45, 2.75) is 13.0 Å². The van der Waals surface area contributed by atoms with Gasteiger partial charge < -0.3 is 11.1 Å². The molecule has 3 aromatic rings. The number of anilines is 2. The molecule has 1 atom stereocenters. The standard InChI is InChI=1S/C14H15N5/c1-10(11-3-2-4-12(15)9-11)17-13-6-8-19-14(18-13)5-7-16-19/h2-10H,15H2,1H3,(H,17,18). The Kier molecular flexibility index (Phi) is 2.79. The molecule has 2 heterocycles. The van der Waals surface area contributed by atoms with E-state index in [1.807, 2.05) is 42.6 Å². The molecule has 19 heavy (non-hydrogen) atoms. The molecular formula is C14H15N5. The van der Waals surface area contributed by atoms with Crippen molar-refractivity contribution in [2.75, 3.05) is 11.1 Å². The molecule has 1 aromatic carbocycles. The third kappa shape index (κ3) is 2.35. The fraction of sp³-hybridized carbons (Fsp3) is 0.143. The first-order chi connectivity index (χ1) is 9.22. The Morgan fingerprint density at radius 3 is 3.00 bits per heavy atom. The van der Waals surface area contributed by atoms with E-state index in [-0.39, 0.29) is 6.04 Å². The Morgan fingerprint density at radius 1 is 1.26 bits per heavy atom. The Bertz CT molecular complexity index is 704. The molecule has 5 heteroatoms. The Morgan fingerprint density at radius 2 is 2.16 bits per heavy atom. The van der Waals surface area contributed by atoms with Gasteiger partial charge in [-0.05, 0) is 30.7 Å². The van der Waals surface area contributed by atoms with Crippen LogP contribution in [-0.2, 0) is 0 Å². The van der Waals surface area contributed by atoms with E-state index in [2.05, 4.69) is 22.3 Å². The molecule has 1 unspecified atom stereocenters. The summed E-state index contributed by atoms with van der Waals surface area (Å²) in [6, 6.07) is 11.8. The first kappa shape index (κ1) is 11.5. The minimum absolute atomic E-state index is 0.140. The molecule has 0 bridgehead atoms. The van der Waals surface area contributed by atoms with Crippen LogP contribution < -0.4 is 11.1 Å². The van der Waals surface area contributed by atoms with Gasteiger partial charge in [0.1, 0.15) is 5.82 Å². The quantitative estimate of drug-likeness (QED) is 0.704. The van der Waals surface area contributed by atoms with Gasteiger partial charge in [-0.25, -0.2) is 9.50 Å². The van der Waals surface area contributed by atoms with Crippen LogP contribution in [0.2, 0.25) is 0 Å². The second-order valence-electron chi connectivity index (χ2n) is 4.48. The lowest BCUT2D eigenvalue weighted by Gasteiger charge is -2.15. The third-order valence-corrected chi connectivity index (χ3v) is 3.03. The van der Waals surface area contributed by atoms with Gasteiger partial charge in [0.25, 0.3) is 0 Å². The lowest BCUT2D eigenvalue weighted by Crippen LogP contribution is -2.08. The number of hydrogen-bond acceptors (Lipinski definition) is 4. The van der Waals surface area contributed by atoms with Gasteiger partial charge in [0.05, 0.1) is 12.2 Å². The summed E-state index contributed by atoms with van der Waals surface area (Å²) in [5, 5.41) is 7.48. The Hall–Kier alpha value is -2.56. The maximum Gasteiger partial charge on any atom is 0.157 e. The van der Waals surface area contributed by atoms with Crippen molar-refractivity contribution in [2.24, 2.45) is 0 Å². The van der Waals surface area contributed by atoms with Crippen molar-refractivity contribution in [3.8, 4) is 0 Å². The van der Waals surface area contributed by atoms with Crippen molar-refractivity contribution in [3.05, 3.63) is 54.4 Å². The molecular weight excluding hydrogens is 238 g/mol. The van der Waals surface area contributed by atoms with Gasteiger partial charge >= 0.3 is 0 Å². The smallest absolute Gasteiger partial charge is 0.157 e. The molecule has 96 valence electrons. The predicted octanol–water partition coefficient (Wildman–Crippen LogP) is 2.48. The summed E-state index contributed by atoms with van der Waals surface area (Å²) in [7, 11) is 0. The topological polar surface area (TPSA) is 68.2 Å². The van der Waals surface area contributed by atoms with Crippen LogP contribution in [0.5, 0.6) is 0 Å². The fourth-order valence-electron chi connectivity index (χ4n) is 2.03. The molecule has 0 saturated carbocycles. The van der Waals surface area contributed by atoms with Gasteiger partial charge in [-0.15, -0.1) is 0 Å². The number of nitrogens with two attached hydrogens (primary N) is 1. The molecule has 2 aromatic heterocycles. The third-order valence-electron chi connectivity index (χ3n) is 3.03. The Labute approximate surface area is 111 Å². The monoisotopic (exact) mass is 253 g/mol. The number of aromatic nitrogens is 3. The van der Waals surface area contributed by atoms with Crippen molar-refractivity contribution < 1.29 is 0 Å². The van der Waals surface area contributed by atoms with Crippen molar-refractivity contribution in [3.63, 3.8) is 0 Å². The average Bonchev–Trinajstić information content (AvgIpc) is 2.86. The second kappa shape index (κ2) is 4.61. The van der Waals surface area contributed by atoms with Gasteiger partial charge in [-0.3, -0.25) is 0 Å². The first-order valence-corrected chi connectivity index (χ1v) is 6.15. The lowest BCUT2D eigenvalue weighted by molar-refractivity contribution is 0.867. The highest BCUT2D eigenvalue weighted by Gasteiger charge is 2.07. The highest BCUT2D eigenvalue weighted by atomic mass is 15.2. The molecule has 0 aliphatic carbocycles. The fourth-order valence-corrected chi connectivity index (χ4v) is 2.03. The highest BCUT2D eigenvalue weighted by molar-refractivity contribution is 5.48. The zero-order chi connectivity index (χ0) is 13.2. The molecule has 0 spiro atoms. The first-order valence-electron chi connectivity index (χ1n) is 6.15. The maximum atomic E-state index is 5.80. The molecule has 0 saturated heterocycles. The zero-order valence-corrected chi connectivity index (χ0v) is 10.6. The second-order valence-corrected chi connectivity index (χ2v) is 4.48. The van der Waals surface area contributed by atoms with Crippen LogP contribution in [0.25, 0.3) is 5.65 Å². The summed E-state index contributed by atoms with van der Waals surface area (Å²) < 4.78 is 1.73. The summed E-state index contributed by atoms with van der Waals surface area (Å²) >= 11 is 0. The minimum Gasteiger partial charge on any atom is -0.399 e. The van der Waals surface area contributed by atoms with Crippen LogP contribution in [-0.4, -0.2) is 14.6 Å². The molecule has 3 N–H and O–H groups in total. The van der Waals surface area contributed by atoms with Crippen LogP contribution in [0.15, 0.2) is 48.8 Å². The molecule has 0 amide bonds. The van der Waals surface area contributed by atoms with E-state index in [0.29, 0.717) is 0 Å². The largest absolute Gasteiger partial charge is 0.399 e. The van der Waals surface area contributed by atoms with E-state index in [1.54, 1.807) is 10.7 Å². The average molecular weight is 253 g/mol. The number of hydrogen-bond donors (Lipinski definition) is 2. The predicted molar refractivity (Wildman–Crippen MR) is 75.9 cm³/mol. The SMILES string of the molecule is CC(Nc1ccn2nccc2n1)c1cccc(N)c1. The van der Waals surface area contributed by atoms with Gasteiger partial charge in [-0.1, -0.05) is 12.1 Å². The van der Waals surface area contributed by atoms with E-state index in [1.165, 1.54) is 0 Å². The molecule has 5 nitrogen and oxygen atoms in total. The molecule has 0 radical (unpaired) electrons. The number of benzene rings is 1. The normalized spacial score (nSPS) is 12.5. The van der Waals surface area contributed by atoms with Crippen molar-refractivity contribution >= 4 is 17.2 Å². The molecule has 3 rings (SSSR count). The van der Waals surface area contributed by atoms with Crippen LogP contribution in [0.3, 0.4) is 0 Å². The minimum atomic E-state index is 0.140. The summed E-state index contributed by atoms with van der Waals surface area (Å²) in [6.45, 7) is 2.08. The summed E-state index contributed by atoms with van der Waals surface area (Å²) in [4.78, 5) is 4.48. The van der Waals surface area contributed by atoms with Crippen LogP contribution in [0.4, 0.5) is 11.5 Å². The number of fused-ring (bicyclic) bond motifs is 1. The maximum absolute atomic E-state index is 5.80. The van der Waals surface area contributed by atoms with E-state index in [9.17, 15) is 0 Å². The molecule has 0 fully saturated rings. The van der Waals surface area contributed by atoms with E-state index >= 15 is 0 Å². The van der Waals surface area contributed by atoms with Gasteiger partial charge in [0, 0.05) is 18.0 Å². The molecule has 0 aliphatic heterocycles. The Balaban J connectivity index is 1.83. The number of rotatable bonds is 3. The summed E-state index contributed by atoms with van der Waals surface area (Å²) in [6.07, 6.45) is 3.62. The van der Waals surface area contributed by atoms with Gasteiger partial charge in [-0.2, -0.15) is 5.10 Å². The number of nitrogens with zero attached hydrogens (tertiary/aromatic N) is 3. The van der Waals surface area contributed by atoms with Crippen LogP contribution >= 0.6 is 0 Å². The zero-order valence-electron chi connectivity index (χ0n) is 10.6. The highest BCUT2D eigenvalue weighted by Crippen LogP contribution is 2.19. The van der Waals surface area contributed by atoms with Gasteiger partial charge in [0.2, 0.25) is 0 Å². The van der Waals surface area contributed by atoms with Crippen molar-refractivity contribution in [1.82, 2.24) is 14.6 Å². The lowest BCUT2D eigenvalue weighted by atomic mass is 10.1. The van der Waals surface area contributed by atoms with Crippen molar-refractivity contribution in [1.29, 1.82) is 0 Å².